The van der Waals surface area contributed by atoms with Gasteiger partial charge in [-0.05, 0) is 43.2 Å². The van der Waals surface area contributed by atoms with Crippen LogP contribution in [0.2, 0.25) is 0 Å². The number of nitrogens with zero attached hydrogens (tertiary/aromatic N) is 1. The molecule has 0 fully saturated rings. The number of benzene rings is 1. The van der Waals surface area contributed by atoms with E-state index in [0.29, 0.717) is 5.56 Å². The molecule has 2 aromatic rings. The van der Waals surface area contributed by atoms with Crippen LogP contribution in [0, 0.1) is 0 Å². The predicted octanol–water partition coefficient (Wildman–Crippen LogP) is 1.62. The van der Waals surface area contributed by atoms with E-state index in [1.54, 1.807) is 19.1 Å². The van der Waals surface area contributed by atoms with E-state index in [4.69, 9.17) is 10.5 Å². The molecule has 0 saturated heterocycles. The number of carboxylic acid groups (broad SMARTS) is 1. The van der Waals surface area contributed by atoms with Crippen molar-refractivity contribution in [1.29, 1.82) is 0 Å². The van der Waals surface area contributed by atoms with Crippen molar-refractivity contribution in [3.05, 3.63) is 53.9 Å². The Kier molecular flexibility index (Phi) is 6.13. The minimum Gasteiger partial charge on any atom is -0.504 e. The van der Waals surface area contributed by atoms with E-state index < -0.39 is 30.0 Å². The Bertz CT molecular complexity index is 781. The Morgan fingerprint density at radius 2 is 1.96 bits per heavy atom. The van der Waals surface area contributed by atoms with Gasteiger partial charge in [0.25, 0.3) is 0 Å². The molecular weight excluding hydrogens is 340 g/mol. The van der Waals surface area contributed by atoms with Crippen molar-refractivity contribution in [3.63, 3.8) is 0 Å². The van der Waals surface area contributed by atoms with E-state index in [9.17, 15) is 24.9 Å². The summed E-state index contributed by atoms with van der Waals surface area (Å²) >= 11 is 0. The number of carbonyl (C=O) groups excluding carboxylic acids is 1. The first kappa shape index (κ1) is 19.2. The number of hydrogen-bond acceptors (Lipinski definition) is 7. The number of nitrogens with two attached hydrogens (primary N) is 1. The van der Waals surface area contributed by atoms with Crippen molar-refractivity contribution >= 4 is 11.9 Å². The lowest BCUT2D eigenvalue weighted by Gasteiger charge is -2.25. The zero-order valence-electron chi connectivity index (χ0n) is 14.1. The highest BCUT2D eigenvalue weighted by atomic mass is 16.5. The van der Waals surface area contributed by atoms with E-state index in [1.807, 2.05) is 0 Å². The maximum atomic E-state index is 12.1. The van der Waals surface area contributed by atoms with E-state index in [1.165, 1.54) is 30.6 Å². The van der Waals surface area contributed by atoms with Gasteiger partial charge in [0.2, 0.25) is 0 Å². The summed E-state index contributed by atoms with van der Waals surface area (Å²) in [4.78, 5) is 27.3. The number of aromatic hydroxyl groups is 2. The van der Waals surface area contributed by atoms with Gasteiger partial charge in [-0.3, -0.25) is 9.78 Å². The molecule has 0 aliphatic heterocycles. The molecule has 0 aliphatic carbocycles. The van der Waals surface area contributed by atoms with Crippen LogP contribution in [-0.2, 0) is 9.53 Å². The molecule has 0 spiro atoms. The highest BCUT2D eigenvalue weighted by molar-refractivity contribution is 5.89. The number of aromatic nitrogens is 1. The Balaban J connectivity index is 2.16. The molecule has 8 nitrogen and oxygen atoms in total. The largest absolute Gasteiger partial charge is 0.504 e. The van der Waals surface area contributed by atoms with Crippen LogP contribution in [0.3, 0.4) is 0 Å². The lowest BCUT2D eigenvalue weighted by Crippen LogP contribution is -2.38. The number of hydrogen-bond donors (Lipinski definition) is 4. The van der Waals surface area contributed by atoms with Gasteiger partial charge in [0.05, 0.1) is 5.56 Å². The lowest BCUT2D eigenvalue weighted by atomic mass is 9.87. The number of ether oxygens (including phenoxy) is 1. The van der Waals surface area contributed by atoms with Gasteiger partial charge in [-0.25, -0.2) is 4.79 Å². The standard InChI is InChI=1S/C18H20N2O6/c1-10(26-18(25)12-3-2-6-20-9-12)7-13(16(19)17(23)24)11-4-5-14(21)15(22)8-11/h2-6,8-10,13,16,21-22H,7,19H2,1H3,(H,23,24)/t10-,13?,16+/m1/s1. The zero-order chi connectivity index (χ0) is 19.3. The summed E-state index contributed by atoms with van der Waals surface area (Å²) in [5, 5.41) is 28.4. The van der Waals surface area contributed by atoms with Gasteiger partial charge in [0.15, 0.2) is 11.5 Å². The summed E-state index contributed by atoms with van der Waals surface area (Å²) in [6.45, 7) is 1.62. The van der Waals surface area contributed by atoms with Crippen LogP contribution in [0.5, 0.6) is 11.5 Å². The molecule has 0 aliphatic rings. The van der Waals surface area contributed by atoms with Crippen LogP contribution in [0.25, 0.3) is 0 Å². The third-order valence-electron chi connectivity index (χ3n) is 3.94. The number of carbonyl (C=O) groups is 2. The minimum absolute atomic E-state index is 0.115. The second-order valence-corrected chi connectivity index (χ2v) is 5.91. The van der Waals surface area contributed by atoms with Crippen molar-refractivity contribution in [2.24, 2.45) is 5.73 Å². The first-order valence-corrected chi connectivity index (χ1v) is 7.91. The summed E-state index contributed by atoms with van der Waals surface area (Å²) in [7, 11) is 0. The molecule has 1 heterocycles. The minimum atomic E-state index is -1.28. The molecule has 1 aromatic carbocycles. The van der Waals surface area contributed by atoms with Crippen molar-refractivity contribution in [1.82, 2.24) is 4.98 Å². The number of esters is 1. The van der Waals surface area contributed by atoms with Gasteiger partial charge < -0.3 is 25.8 Å². The third-order valence-corrected chi connectivity index (χ3v) is 3.94. The molecule has 0 bridgehead atoms. The first-order chi connectivity index (χ1) is 12.3. The van der Waals surface area contributed by atoms with E-state index in [-0.39, 0.29) is 23.5 Å². The number of phenolic OH excluding ortho intramolecular Hbond substituents is 2. The number of carboxylic acids is 1. The third kappa shape index (κ3) is 4.70. The molecule has 1 unspecified atom stereocenters. The molecule has 2 rings (SSSR count). The van der Waals surface area contributed by atoms with Gasteiger partial charge in [-0.15, -0.1) is 0 Å². The molecule has 5 N–H and O–H groups in total. The average Bonchev–Trinajstić information content (AvgIpc) is 2.62. The fourth-order valence-corrected chi connectivity index (χ4v) is 2.57. The van der Waals surface area contributed by atoms with E-state index >= 15 is 0 Å². The van der Waals surface area contributed by atoms with Gasteiger partial charge in [0, 0.05) is 18.3 Å². The number of phenols is 2. The fourth-order valence-electron chi connectivity index (χ4n) is 2.57. The maximum absolute atomic E-state index is 12.1. The Labute approximate surface area is 149 Å². The summed E-state index contributed by atoms with van der Waals surface area (Å²) in [5.41, 5.74) is 6.47. The van der Waals surface area contributed by atoms with Crippen molar-refractivity contribution in [2.45, 2.75) is 31.4 Å². The summed E-state index contributed by atoms with van der Waals surface area (Å²) in [5.74, 6) is -3.26. The number of aliphatic carboxylic acids is 1. The van der Waals surface area contributed by atoms with Crippen molar-refractivity contribution < 1.29 is 29.6 Å². The van der Waals surface area contributed by atoms with Crippen molar-refractivity contribution in [2.75, 3.05) is 0 Å². The molecule has 0 radical (unpaired) electrons. The SMILES string of the molecule is C[C@H](CC(c1ccc(O)c(O)c1)[C@H](N)C(=O)O)OC(=O)c1cccnc1. The topological polar surface area (TPSA) is 143 Å². The smallest absolute Gasteiger partial charge is 0.339 e. The van der Waals surface area contributed by atoms with Crippen LogP contribution in [-0.4, -0.2) is 44.4 Å². The fraction of sp³-hybridized carbons (Fsp3) is 0.278. The second kappa shape index (κ2) is 8.30. The lowest BCUT2D eigenvalue weighted by molar-refractivity contribution is -0.139. The molecule has 26 heavy (non-hydrogen) atoms. The van der Waals surface area contributed by atoms with Crippen LogP contribution in [0.4, 0.5) is 0 Å². The number of rotatable bonds is 7. The zero-order valence-corrected chi connectivity index (χ0v) is 14.1. The van der Waals surface area contributed by atoms with Gasteiger partial charge in [-0.1, -0.05) is 6.07 Å². The monoisotopic (exact) mass is 360 g/mol. The highest BCUT2D eigenvalue weighted by Crippen LogP contribution is 2.32. The Morgan fingerprint density at radius 3 is 2.54 bits per heavy atom. The first-order valence-electron chi connectivity index (χ1n) is 7.91. The molecular formula is C18H20N2O6. The van der Waals surface area contributed by atoms with Crippen molar-refractivity contribution in [3.8, 4) is 11.5 Å². The molecule has 3 atom stereocenters. The van der Waals surface area contributed by atoms with E-state index in [2.05, 4.69) is 4.98 Å². The Hall–Kier alpha value is -3.13. The summed E-state index contributed by atoms with van der Waals surface area (Å²) < 4.78 is 5.33. The van der Waals surface area contributed by atoms with Crippen LogP contribution in [0.15, 0.2) is 42.7 Å². The van der Waals surface area contributed by atoms with E-state index in [0.717, 1.165) is 0 Å². The second-order valence-electron chi connectivity index (χ2n) is 5.91. The normalized spacial score (nSPS) is 14.2. The van der Waals surface area contributed by atoms with Crippen LogP contribution in [0.1, 0.15) is 35.2 Å². The quantitative estimate of drug-likeness (QED) is 0.431. The number of pyridine rings is 1. The predicted molar refractivity (Wildman–Crippen MR) is 91.9 cm³/mol. The van der Waals surface area contributed by atoms with Crippen LogP contribution >= 0.6 is 0 Å². The highest BCUT2D eigenvalue weighted by Gasteiger charge is 2.29. The molecule has 0 amide bonds. The molecule has 0 saturated carbocycles. The average molecular weight is 360 g/mol. The molecule has 8 heteroatoms. The van der Waals surface area contributed by atoms with Gasteiger partial charge >= 0.3 is 11.9 Å². The molecule has 1 aromatic heterocycles. The van der Waals surface area contributed by atoms with Gasteiger partial charge in [-0.2, -0.15) is 0 Å². The summed E-state index contributed by atoms with van der Waals surface area (Å²) in [6.07, 6.45) is 2.37. The molecule has 138 valence electrons. The summed E-state index contributed by atoms with van der Waals surface area (Å²) in [6, 6.07) is 5.85. The van der Waals surface area contributed by atoms with Gasteiger partial charge in [0.1, 0.15) is 12.1 Å². The maximum Gasteiger partial charge on any atom is 0.339 e. The Morgan fingerprint density at radius 1 is 1.23 bits per heavy atom. The van der Waals surface area contributed by atoms with Crippen LogP contribution < -0.4 is 5.73 Å².